The normalized spacial score (nSPS) is 21.5. The van der Waals surface area contributed by atoms with Gasteiger partial charge in [-0.3, -0.25) is 4.79 Å². The Morgan fingerprint density at radius 3 is 2.55 bits per heavy atom. The molecule has 1 aliphatic rings. The van der Waals surface area contributed by atoms with E-state index in [0.717, 1.165) is 12.8 Å². The van der Waals surface area contributed by atoms with Gasteiger partial charge in [0.15, 0.2) is 18.1 Å². The van der Waals surface area contributed by atoms with Crippen LogP contribution in [-0.4, -0.2) is 25.2 Å². The van der Waals surface area contributed by atoms with E-state index >= 15 is 0 Å². The van der Waals surface area contributed by atoms with Crippen LogP contribution < -0.4 is 14.8 Å². The summed E-state index contributed by atoms with van der Waals surface area (Å²) in [6.45, 7) is 4.76. The summed E-state index contributed by atoms with van der Waals surface area (Å²) >= 11 is 0. The van der Waals surface area contributed by atoms with Gasteiger partial charge in [-0.15, -0.1) is 0 Å². The van der Waals surface area contributed by atoms with Gasteiger partial charge < -0.3 is 14.8 Å². The maximum absolute atomic E-state index is 11.9. The molecule has 1 saturated carbocycles. The topological polar surface area (TPSA) is 47.6 Å². The standard InChI is InChI=1S/C16H23NO3/c1-3-19-14-6-4-5-7-15(14)20-11-16(18)17-13-9-8-12(2)10-13/h4-7,12-13H,3,8-11H2,1-2H3,(H,17,18). The minimum Gasteiger partial charge on any atom is -0.490 e. The molecular formula is C16H23NO3. The van der Waals surface area contributed by atoms with Crippen LogP contribution in [-0.2, 0) is 4.79 Å². The van der Waals surface area contributed by atoms with E-state index in [1.54, 1.807) is 0 Å². The first-order valence-corrected chi connectivity index (χ1v) is 7.33. The number of para-hydroxylation sites is 2. The molecule has 0 aromatic heterocycles. The first-order chi connectivity index (χ1) is 9.69. The summed E-state index contributed by atoms with van der Waals surface area (Å²) in [6, 6.07) is 7.72. The molecule has 20 heavy (non-hydrogen) atoms. The lowest BCUT2D eigenvalue weighted by Crippen LogP contribution is -2.36. The van der Waals surface area contributed by atoms with Gasteiger partial charge >= 0.3 is 0 Å². The highest BCUT2D eigenvalue weighted by Crippen LogP contribution is 2.26. The number of hydrogen-bond donors (Lipinski definition) is 1. The Balaban J connectivity index is 1.81. The summed E-state index contributed by atoms with van der Waals surface area (Å²) in [5.41, 5.74) is 0. The van der Waals surface area contributed by atoms with Crippen molar-refractivity contribution in [2.24, 2.45) is 5.92 Å². The minimum absolute atomic E-state index is 0.0367. The van der Waals surface area contributed by atoms with Gasteiger partial charge in [0.2, 0.25) is 0 Å². The van der Waals surface area contributed by atoms with Crippen molar-refractivity contribution in [3.05, 3.63) is 24.3 Å². The number of ether oxygens (including phenoxy) is 2. The molecule has 1 N–H and O–H groups in total. The summed E-state index contributed by atoms with van der Waals surface area (Å²) < 4.78 is 11.0. The minimum atomic E-state index is -0.0598. The van der Waals surface area contributed by atoms with Gasteiger partial charge in [-0.1, -0.05) is 19.1 Å². The lowest BCUT2D eigenvalue weighted by atomic mass is 10.1. The van der Waals surface area contributed by atoms with Crippen LogP contribution in [0.5, 0.6) is 11.5 Å². The Kier molecular flexibility index (Phi) is 5.27. The number of amides is 1. The second-order valence-corrected chi connectivity index (χ2v) is 5.35. The molecule has 0 saturated heterocycles. The van der Waals surface area contributed by atoms with Crippen LogP contribution in [0.15, 0.2) is 24.3 Å². The molecule has 1 aliphatic carbocycles. The van der Waals surface area contributed by atoms with Gasteiger partial charge in [0.05, 0.1) is 6.61 Å². The Hall–Kier alpha value is -1.71. The molecule has 1 fully saturated rings. The molecular weight excluding hydrogens is 254 g/mol. The third-order valence-corrected chi connectivity index (χ3v) is 3.57. The largest absolute Gasteiger partial charge is 0.490 e. The van der Waals surface area contributed by atoms with Crippen LogP contribution >= 0.6 is 0 Å². The average Bonchev–Trinajstić information content (AvgIpc) is 2.83. The van der Waals surface area contributed by atoms with Crippen molar-refractivity contribution in [1.29, 1.82) is 0 Å². The second-order valence-electron chi connectivity index (χ2n) is 5.35. The van der Waals surface area contributed by atoms with Crippen molar-refractivity contribution in [3.8, 4) is 11.5 Å². The number of benzene rings is 1. The van der Waals surface area contributed by atoms with E-state index < -0.39 is 0 Å². The van der Waals surface area contributed by atoms with E-state index in [1.807, 2.05) is 31.2 Å². The highest BCUT2D eigenvalue weighted by molar-refractivity contribution is 5.78. The van der Waals surface area contributed by atoms with Crippen molar-refractivity contribution in [3.63, 3.8) is 0 Å². The Labute approximate surface area is 120 Å². The summed E-state index contributed by atoms with van der Waals surface area (Å²) in [7, 11) is 0. The van der Waals surface area contributed by atoms with Gasteiger partial charge in [0, 0.05) is 6.04 Å². The van der Waals surface area contributed by atoms with Gasteiger partial charge in [0.1, 0.15) is 0 Å². The van der Waals surface area contributed by atoms with Crippen molar-refractivity contribution in [2.75, 3.05) is 13.2 Å². The highest BCUT2D eigenvalue weighted by Gasteiger charge is 2.22. The highest BCUT2D eigenvalue weighted by atomic mass is 16.5. The molecule has 0 heterocycles. The second kappa shape index (κ2) is 7.17. The third kappa shape index (κ3) is 4.15. The lowest BCUT2D eigenvalue weighted by Gasteiger charge is -2.14. The molecule has 1 aromatic carbocycles. The number of hydrogen-bond acceptors (Lipinski definition) is 3. The van der Waals surface area contributed by atoms with Crippen LogP contribution in [0.3, 0.4) is 0 Å². The fourth-order valence-corrected chi connectivity index (χ4v) is 2.59. The number of carbonyl (C=O) groups excluding carboxylic acids is 1. The zero-order valence-corrected chi connectivity index (χ0v) is 12.2. The van der Waals surface area contributed by atoms with Crippen molar-refractivity contribution >= 4 is 5.91 Å². The summed E-state index contributed by atoms with van der Waals surface area (Å²) in [6.07, 6.45) is 3.34. The maximum Gasteiger partial charge on any atom is 0.258 e. The summed E-state index contributed by atoms with van der Waals surface area (Å²) in [4.78, 5) is 11.9. The molecule has 0 aliphatic heterocycles. The maximum atomic E-state index is 11.9. The van der Waals surface area contributed by atoms with E-state index in [1.165, 1.54) is 6.42 Å². The van der Waals surface area contributed by atoms with Crippen LogP contribution in [0.2, 0.25) is 0 Å². The average molecular weight is 277 g/mol. The van der Waals surface area contributed by atoms with E-state index in [-0.39, 0.29) is 12.5 Å². The van der Waals surface area contributed by atoms with Gasteiger partial charge in [-0.05, 0) is 44.2 Å². The Bertz CT molecular complexity index is 447. The van der Waals surface area contributed by atoms with Gasteiger partial charge in [-0.2, -0.15) is 0 Å². The van der Waals surface area contributed by atoms with Crippen LogP contribution in [0, 0.1) is 5.92 Å². The summed E-state index contributed by atoms with van der Waals surface area (Å²) in [5.74, 6) is 1.94. The zero-order chi connectivity index (χ0) is 14.4. The van der Waals surface area contributed by atoms with Crippen molar-refractivity contribution < 1.29 is 14.3 Å². The fraction of sp³-hybridized carbons (Fsp3) is 0.562. The molecule has 4 heteroatoms. The quantitative estimate of drug-likeness (QED) is 0.869. The number of rotatable bonds is 6. The first kappa shape index (κ1) is 14.7. The van der Waals surface area contributed by atoms with Gasteiger partial charge in [-0.25, -0.2) is 0 Å². The number of carbonyl (C=O) groups is 1. The molecule has 1 amide bonds. The van der Waals surface area contributed by atoms with E-state index in [2.05, 4.69) is 12.2 Å². The third-order valence-electron chi connectivity index (χ3n) is 3.57. The molecule has 2 rings (SSSR count). The Morgan fingerprint density at radius 2 is 1.95 bits per heavy atom. The van der Waals surface area contributed by atoms with E-state index in [0.29, 0.717) is 30.1 Å². The van der Waals surface area contributed by atoms with E-state index in [4.69, 9.17) is 9.47 Å². The predicted molar refractivity (Wildman–Crippen MR) is 78.1 cm³/mol. The molecule has 0 radical (unpaired) electrons. The summed E-state index contributed by atoms with van der Waals surface area (Å²) in [5, 5.41) is 3.03. The molecule has 1 aromatic rings. The molecule has 2 atom stereocenters. The number of nitrogens with one attached hydrogen (secondary N) is 1. The molecule has 110 valence electrons. The molecule has 2 unspecified atom stereocenters. The fourth-order valence-electron chi connectivity index (χ4n) is 2.59. The van der Waals surface area contributed by atoms with Crippen molar-refractivity contribution in [1.82, 2.24) is 5.32 Å². The zero-order valence-electron chi connectivity index (χ0n) is 12.2. The molecule has 0 spiro atoms. The first-order valence-electron chi connectivity index (χ1n) is 7.33. The molecule has 0 bridgehead atoms. The Morgan fingerprint density at radius 1 is 1.25 bits per heavy atom. The SMILES string of the molecule is CCOc1ccccc1OCC(=O)NC1CCC(C)C1. The van der Waals surface area contributed by atoms with Crippen LogP contribution in [0.1, 0.15) is 33.1 Å². The monoisotopic (exact) mass is 277 g/mol. The van der Waals surface area contributed by atoms with Crippen LogP contribution in [0.25, 0.3) is 0 Å². The molecule has 4 nitrogen and oxygen atoms in total. The van der Waals surface area contributed by atoms with E-state index in [9.17, 15) is 4.79 Å². The lowest BCUT2D eigenvalue weighted by molar-refractivity contribution is -0.123. The predicted octanol–water partition coefficient (Wildman–Crippen LogP) is 2.77. The van der Waals surface area contributed by atoms with Crippen molar-refractivity contribution in [2.45, 2.75) is 39.2 Å². The van der Waals surface area contributed by atoms with Crippen LogP contribution in [0.4, 0.5) is 0 Å². The van der Waals surface area contributed by atoms with Gasteiger partial charge in [0.25, 0.3) is 5.91 Å². The smallest absolute Gasteiger partial charge is 0.258 e.